The second kappa shape index (κ2) is 5.68. The van der Waals surface area contributed by atoms with Crippen molar-refractivity contribution in [1.29, 1.82) is 0 Å². The molecule has 0 fully saturated rings. The van der Waals surface area contributed by atoms with Gasteiger partial charge < -0.3 is 5.73 Å². The molecule has 0 aliphatic rings. The minimum absolute atomic E-state index is 0. The highest BCUT2D eigenvalue weighted by molar-refractivity contribution is 6.31. The first kappa shape index (κ1) is 17.6. The number of hydrogen-bond acceptors (Lipinski definition) is 1. The van der Waals surface area contributed by atoms with Crippen LogP contribution in [0.5, 0.6) is 0 Å². The fraction of sp³-hybridized carbons (Fsp3) is 0.500. The lowest BCUT2D eigenvalue weighted by atomic mass is 9.82. The molecule has 0 aliphatic heterocycles. The van der Waals surface area contributed by atoms with Crippen molar-refractivity contribution in [3.8, 4) is 0 Å². The summed E-state index contributed by atoms with van der Waals surface area (Å²) >= 11 is 5.54. The van der Waals surface area contributed by atoms with Crippen LogP contribution in [0.3, 0.4) is 0 Å². The first-order valence-corrected chi connectivity index (χ1v) is 5.53. The lowest BCUT2D eigenvalue weighted by Crippen LogP contribution is -2.26. The van der Waals surface area contributed by atoms with Crippen molar-refractivity contribution < 1.29 is 13.2 Å². The van der Waals surface area contributed by atoms with E-state index in [-0.39, 0.29) is 22.8 Å². The first-order chi connectivity index (χ1) is 7.53. The Kier molecular flexibility index (Phi) is 5.54. The smallest absolute Gasteiger partial charge is 0.324 e. The molecule has 0 heterocycles. The SMILES string of the molecule is CC(C)(C)[C@H](N)c1ccc(Cl)c(C(F)(F)F)c1.Cl. The Balaban J connectivity index is 0.00000289. The van der Waals surface area contributed by atoms with Crippen molar-refractivity contribution in [3.05, 3.63) is 34.3 Å². The van der Waals surface area contributed by atoms with E-state index < -0.39 is 17.8 Å². The zero-order chi connectivity index (χ0) is 13.4. The quantitative estimate of drug-likeness (QED) is 0.790. The highest BCUT2D eigenvalue weighted by Gasteiger charge is 2.34. The molecule has 1 aromatic carbocycles. The van der Waals surface area contributed by atoms with Crippen LogP contribution < -0.4 is 5.73 Å². The molecule has 104 valence electrons. The third-order valence-electron chi connectivity index (χ3n) is 2.59. The van der Waals surface area contributed by atoms with Gasteiger partial charge in [0.1, 0.15) is 0 Å². The van der Waals surface area contributed by atoms with E-state index in [0.29, 0.717) is 5.56 Å². The molecular weight excluding hydrogens is 286 g/mol. The third-order valence-corrected chi connectivity index (χ3v) is 2.92. The maximum atomic E-state index is 12.7. The van der Waals surface area contributed by atoms with Crippen LogP contribution >= 0.6 is 24.0 Å². The molecule has 2 N–H and O–H groups in total. The Hall–Kier alpha value is -0.450. The van der Waals surface area contributed by atoms with Gasteiger partial charge in [-0.3, -0.25) is 0 Å². The van der Waals surface area contributed by atoms with Gasteiger partial charge in [-0.1, -0.05) is 38.4 Å². The van der Waals surface area contributed by atoms with Crippen molar-refractivity contribution in [2.75, 3.05) is 0 Å². The van der Waals surface area contributed by atoms with Crippen LogP contribution in [0.1, 0.15) is 37.9 Å². The molecule has 18 heavy (non-hydrogen) atoms. The van der Waals surface area contributed by atoms with Crippen molar-refractivity contribution in [2.24, 2.45) is 11.1 Å². The van der Waals surface area contributed by atoms with Crippen LogP contribution in [0.4, 0.5) is 13.2 Å². The molecule has 0 unspecified atom stereocenters. The van der Waals surface area contributed by atoms with Gasteiger partial charge in [0.25, 0.3) is 0 Å². The largest absolute Gasteiger partial charge is 0.417 e. The van der Waals surface area contributed by atoms with E-state index >= 15 is 0 Å². The van der Waals surface area contributed by atoms with Gasteiger partial charge in [0, 0.05) is 6.04 Å². The molecule has 0 aliphatic carbocycles. The lowest BCUT2D eigenvalue weighted by molar-refractivity contribution is -0.137. The summed E-state index contributed by atoms with van der Waals surface area (Å²) in [6.07, 6.45) is -4.45. The van der Waals surface area contributed by atoms with Gasteiger partial charge in [-0.2, -0.15) is 13.2 Å². The maximum Gasteiger partial charge on any atom is 0.417 e. The van der Waals surface area contributed by atoms with Gasteiger partial charge in [0.15, 0.2) is 0 Å². The van der Waals surface area contributed by atoms with E-state index in [0.717, 1.165) is 6.07 Å². The first-order valence-electron chi connectivity index (χ1n) is 5.15. The Morgan fingerprint density at radius 3 is 2.06 bits per heavy atom. The minimum atomic E-state index is -4.45. The second-order valence-electron chi connectivity index (χ2n) is 5.08. The molecule has 0 radical (unpaired) electrons. The summed E-state index contributed by atoms with van der Waals surface area (Å²) in [5.41, 5.74) is 5.22. The number of nitrogens with two attached hydrogens (primary N) is 1. The molecule has 0 aromatic heterocycles. The number of hydrogen-bond donors (Lipinski definition) is 1. The third kappa shape index (κ3) is 4.04. The summed E-state index contributed by atoms with van der Waals surface area (Å²) < 4.78 is 38.0. The van der Waals surface area contributed by atoms with E-state index in [1.165, 1.54) is 12.1 Å². The lowest BCUT2D eigenvalue weighted by Gasteiger charge is -2.28. The zero-order valence-corrected chi connectivity index (χ0v) is 11.9. The molecule has 1 nitrogen and oxygen atoms in total. The summed E-state index contributed by atoms with van der Waals surface area (Å²) in [5.74, 6) is 0. The minimum Gasteiger partial charge on any atom is -0.324 e. The summed E-state index contributed by atoms with van der Waals surface area (Å²) in [5, 5.41) is -0.303. The van der Waals surface area contributed by atoms with Crippen molar-refractivity contribution >= 4 is 24.0 Å². The molecule has 0 bridgehead atoms. The standard InChI is InChI=1S/C12H15ClF3N.ClH/c1-11(2,3)10(17)7-4-5-9(13)8(6-7)12(14,15)16;/h4-6,10H,17H2,1-3H3;1H/t10-;/m1./s1. The molecule has 1 aromatic rings. The fourth-order valence-electron chi connectivity index (χ4n) is 1.45. The monoisotopic (exact) mass is 301 g/mol. The van der Waals surface area contributed by atoms with Gasteiger partial charge in [0.05, 0.1) is 10.6 Å². The van der Waals surface area contributed by atoms with Gasteiger partial charge >= 0.3 is 6.18 Å². The molecule has 0 amide bonds. The van der Waals surface area contributed by atoms with Crippen molar-refractivity contribution in [1.82, 2.24) is 0 Å². The number of alkyl halides is 3. The second-order valence-corrected chi connectivity index (χ2v) is 5.49. The van der Waals surface area contributed by atoms with Crippen LogP contribution in [0.15, 0.2) is 18.2 Å². The molecule has 1 rings (SSSR count). The predicted octanol–water partition coefficient (Wildman–Crippen LogP) is 4.83. The van der Waals surface area contributed by atoms with Crippen LogP contribution in [-0.4, -0.2) is 0 Å². The van der Waals surface area contributed by atoms with Crippen LogP contribution in [0.25, 0.3) is 0 Å². The number of rotatable bonds is 1. The average molecular weight is 302 g/mol. The zero-order valence-electron chi connectivity index (χ0n) is 10.3. The van der Waals surface area contributed by atoms with Gasteiger partial charge in [-0.05, 0) is 23.1 Å². The van der Waals surface area contributed by atoms with Crippen LogP contribution in [-0.2, 0) is 6.18 Å². The van der Waals surface area contributed by atoms with Crippen molar-refractivity contribution in [3.63, 3.8) is 0 Å². The van der Waals surface area contributed by atoms with Gasteiger partial charge in [-0.25, -0.2) is 0 Å². The molecule has 0 saturated carbocycles. The highest BCUT2D eigenvalue weighted by atomic mass is 35.5. The van der Waals surface area contributed by atoms with Crippen LogP contribution in [0.2, 0.25) is 5.02 Å². The van der Waals surface area contributed by atoms with E-state index in [1.54, 1.807) is 0 Å². The Morgan fingerprint density at radius 2 is 1.67 bits per heavy atom. The summed E-state index contributed by atoms with van der Waals surface area (Å²) in [7, 11) is 0. The Bertz CT molecular complexity index is 411. The molecule has 0 spiro atoms. The predicted molar refractivity (Wildman–Crippen MR) is 70.1 cm³/mol. The molecular formula is C12H16Cl2F3N. The van der Waals surface area contributed by atoms with Gasteiger partial charge in [-0.15, -0.1) is 12.4 Å². The molecule has 6 heteroatoms. The van der Waals surface area contributed by atoms with E-state index in [2.05, 4.69) is 0 Å². The fourth-order valence-corrected chi connectivity index (χ4v) is 1.68. The number of benzene rings is 1. The Labute approximate surface area is 116 Å². The maximum absolute atomic E-state index is 12.7. The Morgan fingerprint density at radius 1 is 1.17 bits per heavy atom. The van der Waals surface area contributed by atoms with E-state index in [9.17, 15) is 13.2 Å². The number of halogens is 5. The van der Waals surface area contributed by atoms with Gasteiger partial charge in [0.2, 0.25) is 0 Å². The molecule has 0 saturated heterocycles. The van der Waals surface area contributed by atoms with E-state index in [4.69, 9.17) is 17.3 Å². The summed E-state index contributed by atoms with van der Waals surface area (Å²) in [4.78, 5) is 0. The average Bonchev–Trinajstić information content (AvgIpc) is 2.14. The molecule has 1 atom stereocenters. The summed E-state index contributed by atoms with van der Waals surface area (Å²) in [6.45, 7) is 5.62. The normalized spacial score (nSPS) is 14.0. The summed E-state index contributed by atoms with van der Waals surface area (Å²) in [6, 6.07) is 3.33. The topological polar surface area (TPSA) is 26.0 Å². The van der Waals surface area contributed by atoms with Crippen LogP contribution in [0, 0.1) is 5.41 Å². The van der Waals surface area contributed by atoms with E-state index in [1.807, 2.05) is 20.8 Å². The highest BCUT2D eigenvalue weighted by Crippen LogP contribution is 2.38. The van der Waals surface area contributed by atoms with Crippen molar-refractivity contribution in [2.45, 2.75) is 33.0 Å².